The van der Waals surface area contributed by atoms with E-state index in [9.17, 15) is 4.57 Å². The molecule has 2 aliphatic rings. The van der Waals surface area contributed by atoms with Crippen molar-refractivity contribution in [2.75, 3.05) is 40.4 Å². The van der Waals surface area contributed by atoms with Crippen LogP contribution in [0.5, 0.6) is 0 Å². The van der Waals surface area contributed by atoms with E-state index in [1.165, 1.54) is 15.6 Å². The van der Waals surface area contributed by atoms with E-state index in [2.05, 4.69) is 39.5 Å². The molecular weight excluding hydrogens is 437 g/mol. The molecule has 0 radical (unpaired) electrons. The smallest absolute Gasteiger partial charge is 0.371 e. The van der Waals surface area contributed by atoms with Gasteiger partial charge in [-0.1, -0.05) is 18.2 Å². The average Bonchev–Trinajstić information content (AvgIpc) is 3.40. The monoisotopic (exact) mass is 463 g/mol. The molecule has 6 nitrogen and oxygen atoms in total. The van der Waals surface area contributed by atoms with Gasteiger partial charge in [0.15, 0.2) is 5.17 Å². The zero-order valence-electron chi connectivity index (χ0n) is 17.6. The fourth-order valence-electron chi connectivity index (χ4n) is 3.62. The predicted octanol–water partition coefficient (Wildman–Crippen LogP) is 5.66. The van der Waals surface area contributed by atoms with Crippen LogP contribution in [0.1, 0.15) is 19.4 Å². The first-order chi connectivity index (χ1) is 14.5. The Labute approximate surface area is 185 Å². The summed E-state index contributed by atoms with van der Waals surface area (Å²) in [7, 11) is 0.304. The number of benzene rings is 1. The molecule has 4 rings (SSSR count). The molecule has 0 amide bonds. The van der Waals surface area contributed by atoms with Crippen LogP contribution in [0.15, 0.2) is 51.1 Å². The summed E-state index contributed by atoms with van der Waals surface area (Å²) in [5.74, 6) is 0. The Morgan fingerprint density at radius 1 is 1.27 bits per heavy atom. The van der Waals surface area contributed by atoms with Crippen LogP contribution in [0, 0.1) is 0 Å². The topological polar surface area (TPSA) is 54.4 Å². The maximum atomic E-state index is 13.6. The first-order valence-corrected chi connectivity index (χ1v) is 13.2. The molecule has 1 aromatic heterocycles. The maximum Gasteiger partial charge on any atom is 0.377 e. The summed E-state index contributed by atoms with van der Waals surface area (Å²) in [6.45, 7) is 5.93. The van der Waals surface area contributed by atoms with Gasteiger partial charge in [0.2, 0.25) is 0 Å². The van der Waals surface area contributed by atoms with Gasteiger partial charge in [0.05, 0.1) is 25.5 Å². The molecule has 0 saturated carbocycles. The third kappa shape index (κ3) is 3.87. The summed E-state index contributed by atoms with van der Waals surface area (Å²) in [6.07, 6.45) is 1.96. The minimum atomic E-state index is -3.44. The maximum absolute atomic E-state index is 13.6. The molecule has 0 spiro atoms. The molecule has 1 aromatic carbocycles. The quantitative estimate of drug-likeness (QED) is 0.471. The summed E-state index contributed by atoms with van der Waals surface area (Å²) < 4.78 is 26.1. The van der Waals surface area contributed by atoms with Gasteiger partial charge >= 0.3 is 7.60 Å². The summed E-state index contributed by atoms with van der Waals surface area (Å²) in [5.41, 5.74) is 2.85. The van der Waals surface area contributed by atoms with E-state index >= 15 is 0 Å². The SMILES string of the molecule is CCOP(=O)(OCC)/C(=C\C1=C(c2csc3ccccc23)N2CCN=C2S1)N(C)C. The molecule has 0 unspecified atom stereocenters. The Hall–Kier alpha value is -1.57. The van der Waals surface area contributed by atoms with Gasteiger partial charge in [0, 0.05) is 46.6 Å². The van der Waals surface area contributed by atoms with E-state index in [1.807, 2.05) is 38.9 Å². The highest BCUT2D eigenvalue weighted by atomic mass is 32.2. The number of amidine groups is 1. The number of thioether (sulfide) groups is 1. The molecule has 0 bridgehead atoms. The largest absolute Gasteiger partial charge is 0.377 e. The van der Waals surface area contributed by atoms with Gasteiger partial charge in [-0.2, -0.15) is 0 Å². The van der Waals surface area contributed by atoms with Crippen LogP contribution in [0.2, 0.25) is 0 Å². The standard InChI is InChI=1S/C21H26N3O3PS2/c1-5-26-28(25,27-6-2)19(23(3)4)13-18-20(24-12-11-22-21(24)30-18)16-14-29-17-10-8-7-9-15(16)17/h7-10,13-14H,5-6,11-12H2,1-4H3/b19-13-. The van der Waals surface area contributed by atoms with E-state index in [4.69, 9.17) is 9.05 Å². The number of aliphatic imine (C=N–C) groups is 1. The normalized spacial score (nSPS) is 17.1. The Kier molecular flexibility index (Phi) is 6.42. The lowest BCUT2D eigenvalue weighted by Gasteiger charge is -2.25. The predicted molar refractivity (Wildman–Crippen MR) is 128 cm³/mol. The highest BCUT2D eigenvalue weighted by Gasteiger charge is 2.37. The molecule has 2 aliphatic heterocycles. The van der Waals surface area contributed by atoms with Crippen LogP contribution in [-0.2, 0) is 13.6 Å². The summed E-state index contributed by atoms with van der Waals surface area (Å²) in [4.78, 5) is 9.78. The van der Waals surface area contributed by atoms with E-state index in [0.29, 0.717) is 18.7 Å². The number of rotatable bonds is 8. The van der Waals surface area contributed by atoms with Crippen molar-refractivity contribution in [2.45, 2.75) is 13.8 Å². The van der Waals surface area contributed by atoms with Crippen molar-refractivity contribution in [3.63, 3.8) is 0 Å². The highest BCUT2D eigenvalue weighted by molar-refractivity contribution is 8.17. The highest BCUT2D eigenvalue weighted by Crippen LogP contribution is 2.58. The average molecular weight is 464 g/mol. The molecule has 0 fully saturated rings. The number of hydrogen-bond acceptors (Lipinski definition) is 8. The van der Waals surface area contributed by atoms with Gasteiger partial charge in [0.25, 0.3) is 0 Å². The zero-order valence-corrected chi connectivity index (χ0v) is 20.2. The third-order valence-corrected chi connectivity index (χ3v) is 9.15. The number of allylic oxidation sites excluding steroid dienone is 1. The molecule has 0 aliphatic carbocycles. The molecule has 0 saturated heterocycles. The van der Waals surface area contributed by atoms with Crippen LogP contribution in [-0.4, -0.2) is 55.4 Å². The van der Waals surface area contributed by atoms with Crippen molar-refractivity contribution in [3.05, 3.63) is 51.6 Å². The van der Waals surface area contributed by atoms with Crippen molar-refractivity contribution in [1.82, 2.24) is 9.80 Å². The van der Waals surface area contributed by atoms with Gasteiger partial charge in [0.1, 0.15) is 5.44 Å². The first kappa shape index (κ1) is 21.7. The molecule has 0 atom stereocenters. The second-order valence-corrected chi connectivity index (χ2v) is 10.9. The Balaban J connectivity index is 1.89. The second-order valence-electron chi connectivity index (χ2n) is 7.01. The second kappa shape index (κ2) is 8.89. The first-order valence-electron chi connectivity index (χ1n) is 9.98. The van der Waals surface area contributed by atoms with Crippen molar-refractivity contribution in [2.24, 2.45) is 4.99 Å². The Bertz CT molecular complexity index is 1080. The van der Waals surface area contributed by atoms with Gasteiger partial charge < -0.3 is 18.8 Å². The van der Waals surface area contributed by atoms with Crippen molar-refractivity contribution >= 4 is 51.6 Å². The van der Waals surface area contributed by atoms with E-state index in [0.717, 1.165) is 28.9 Å². The minimum Gasteiger partial charge on any atom is -0.371 e. The van der Waals surface area contributed by atoms with Crippen LogP contribution in [0.25, 0.3) is 15.8 Å². The minimum absolute atomic E-state index is 0.315. The van der Waals surface area contributed by atoms with E-state index < -0.39 is 7.60 Å². The van der Waals surface area contributed by atoms with Crippen molar-refractivity contribution in [1.29, 1.82) is 0 Å². The summed E-state index contributed by atoms with van der Waals surface area (Å²) in [6, 6.07) is 8.43. The van der Waals surface area contributed by atoms with Crippen LogP contribution < -0.4 is 0 Å². The molecule has 160 valence electrons. The van der Waals surface area contributed by atoms with Crippen LogP contribution in [0.4, 0.5) is 0 Å². The third-order valence-electron chi connectivity index (χ3n) is 4.84. The van der Waals surface area contributed by atoms with E-state index in [-0.39, 0.29) is 0 Å². The van der Waals surface area contributed by atoms with Crippen LogP contribution in [0.3, 0.4) is 0 Å². The number of nitrogens with zero attached hydrogens (tertiary/aromatic N) is 3. The fraction of sp³-hybridized carbons (Fsp3) is 0.381. The van der Waals surface area contributed by atoms with Crippen molar-refractivity contribution in [3.8, 4) is 0 Å². The van der Waals surface area contributed by atoms with E-state index in [1.54, 1.807) is 23.1 Å². The van der Waals surface area contributed by atoms with Gasteiger partial charge in [-0.15, -0.1) is 11.3 Å². The Morgan fingerprint density at radius 2 is 2.00 bits per heavy atom. The lowest BCUT2D eigenvalue weighted by molar-refractivity contribution is 0.219. The van der Waals surface area contributed by atoms with Gasteiger partial charge in [-0.25, -0.2) is 0 Å². The lowest BCUT2D eigenvalue weighted by atomic mass is 10.1. The summed E-state index contributed by atoms with van der Waals surface area (Å²) in [5, 5.41) is 4.42. The zero-order chi connectivity index (χ0) is 21.3. The molecule has 9 heteroatoms. The number of thiophene rings is 1. The lowest BCUT2D eigenvalue weighted by Crippen LogP contribution is -2.19. The Morgan fingerprint density at radius 3 is 2.70 bits per heavy atom. The summed E-state index contributed by atoms with van der Waals surface area (Å²) >= 11 is 3.36. The molecule has 0 N–H and O–H groups in total. The molecule has 30 heavy (non-hydrogen) atoms. The number of fused-ring (bicyclic) bond motifs is 2. The molecular formula is C21H26N3O3PS2. The van der Waals surface area contributed by atoms with Gasteiger partial charge in [-0.05, 0) is 37.8 Å². The fourth-order valence-corrected chi connectivity index (χ4v) is 7.58. The number of hydrogen-bond donors (Lipinski definition) is 0. The van der Waals surface area contributed by atoms with Crippen LogP contribution >= 0.6 is 30.7 Å². The molecule has 2 aromatic rings. The molecule has 3 heterocycles. The van der Waals surface area contributed by atoms with Gasteiger partial charge in [-0.3, -0.25) is 9.56 Å². The van der Waals surface area contributed by atoms with Crippen molar-refractivity contribution < 1.29 is 13.6 Å².